The molecule has 0 aliphatic carbocycles. The first-order chi connectivity index (χ1) is 5.15. The summed E-state index contributed by atoms with van der Waals surface area (Å²) in [6, 6.07) is 0. The highest BCUT2D eigenvalue weighted by Gasteiger charge is 2.09. The van der Waals surface area contributed by atoms with E-state index in [4.69, 9.17) is 0 Å². The van der Waals surface area contributed by atoms with E-state index in [1.54, 1.807) is 0 Å². The average Bonchev–Trinajstić information content (AvgIpc) is 1.96. The van der Waals surface area contributed by atoms with Gasteiger partial charge in [0, 0.05) is 17.9 Å². The Kier molecular flexibility index (Phi) is 2.22. The maximum atomic E-state index is 3.28. The quantitative estimate of drug-likeness (QED) is 0.618. The van der Waals surface area contributed by atoms with Crippen LogP contribution in [0.5, 0.6) is 0 Å². The highest BCUT2D eigenvalue weighted by atomic mass is 15.5. The number of nitrogens with one attached hydrogen (secondary N) is 1. The smallest absolute Gasteiger partial charge is 0.0361 e. The van der Waals surface area contributed by atoms with Crippen molar-refractivity contribution < 1.29 is 0 Å². The summed E-state index contributed by atoms with van der Waals surface area (Å²) in [5, 5.41) is 2.16. The fourth-order valence-corrected chi connectivity index (χ4v) is 1.29. The minimum Gasteiger partial charge on any atom is -0.303 e. The summed E-state index contributed by atoms with van der Waals surface area (Å²) in [4.78, 5) is 0. The Morgan fingerprint density at radius 3 is 2.55 bits per heavy atom. The molecule has 0 fully saturated rings. The fraction of sp³-hybridized carbons (Fsp3) is 0.556. The first-order valence-corrected chi connectivity index (χ1v) is 4.05. The molecule has 1 aliphatic rings. The molecular formula is C9H16N2. The van der Waals surface area contributed by atoms with Crippen molar-refractivity contribution in [2.24, 2.45) is 0 Å². The summed E-state index contributed by atoms with van der Waals surface area (Å²) in [7, 11) is 0. The van der Waals surface area contributed by atoms with Gasteiger partial charge < -0.3 is 5.43 Å². The summed E-state index contributed by atoms with van der Waals surface area (Å²) in [5.41, 5.74) is 7.17. The molecule has 11 heavy (non-hydrogen) atoms. The number of hydrogen-bond donors (Lipinski definition) is 1. The van der Waals surface area contributed by atoms with Gasteiger partial charge in [0.25, 0.3) is 0 Å². The highest BCUT2D eigenvalue weighted by molar-refractivity contribution is 5.27. The first kappa shape index (κ1) is 8.18. The van der Waals surface area contributed by atoms with Gasteiger partial charge in [0.15, 0.2) is 0 Å². The molecule has 0 atom stereocenters. The van der Waals surface area contributed by atoms with E-state index in [1.807, 2.05) is 0 Å². The van der Waals surface area contributed by atoms with Crippen molar-refractivity contribution in [1.82, 2.24) is 10.4 Å². The molecule has 1 heterocycles. The van der Waals surface area contributed by atoms with Crippen LogP contribution in [0, 0.1) is 0 Å². The first-order valence-electron chi connectivity index (χ1n) is 4.05. The summed E-state index contributed by atoms with van der Waals surface area (Å²) in [6.45, 7) is 9.51. The minimum atomic E-state index is 1.01. The molecule has 62 valence electrons. The molecular weight excluding hydrogens is 136 g/mol. The second-order valence-corrected chi connectivity index (χ2v) is 2.95. The van der Waals surface area contributed by atoms with Gasteiger partial charge in [-0.2, -0.15) is 0 Å². The normalized spacial score (nSPS) is 18.2. The second kappa shape index (κ2) is 2.99. The van der Waals surface area contributed by atoms with Crippen molar-refractivity contribution in [3.8, 4) is 0 Å². The lowest BCUT2D eigenvalue weighted by molar-refractivity contribution is 0.282. The monoisotopic (exact) mass is 152 g/mol. The molecule has 2 heteroatoms. The molecule has 1 rings (SSSR count). The highest BCUT2D eigenvalue weighted by Crippen LogP contribution is 2.15. The lowest BCUT2D eigenvalue weighted by atomic mass is 10.2. The van der Waals surface area contributed by atoms with Gasteiger partial charge in [-0.3, -0.25) is 5.01 Å². The number of allylic oxidation sites excluding steroid dienone is 4. The van der Waals surface area contributed by atoms with E-state index in [-0.39, 0.29) is 0 Å². The Morgan fingerprint density at radius 1 is 1.36 bits per heavy atom. The van der Waals surface area contributed by atoms with Gasteiger partial charge in [-0.15, -0.1) is 0 Å². The van der Waals surface area contributed by atoms with Gasteiger partial charge in [0.05, 0.1) is 0 Å². The lowest BCUT2D eigenvalue weighted by Crippen LogP contribution is -2.37. The molecule has 0 amide bonds. The predicted octanol–water partition coefficient (Wildman–Crippen LogP) is 2.02. The lowest BCUT2D eigenvalue weighted by Gasteiger charge is -2.30. The minimum absolute atomic E-state index is 1.01. The molecule has 0 aromatic carbocycles. The molecule has 0 spiro atoms. The standard InChI is InChI=1S/C9H16N2/c1-5-11-9(4)7(2)6-8(3)10-11/h6,10H,5H2,1-4H3. The third kappa shape index (κ3) is 1.56. The van der Waals surface area contributed by atoms with Gasteiger partial charge in [-0.05, 0) is 39.3 Å². The van der Waals surface area contributed by atoms with Crippen LogP contribution in [-0.4, -0.2) is 11.6 Å². The zero-order chi connectivity index (χ0) is 8.43. The fourth-order valence-electron chi connectivity index (χ4n) is 1.29. The molecule has 0 bridgehead atoms. The second-order valence-electron chi connectivity index (χ2n) is 2.95. The Balaban J connectivity index is 2.87. The molecule has 1 N–H and O–H groups in total. The molecule has 0 saturated heterocycles. The largest absolute Gasteiger partial charge is 0.303 e. The third-order valence-electron chi connectivity index (χ3n) is 2.04. The Morgan fingerprint density at radius 2 is 2.00 bits per heavy atom. The van der Waals surface area contributed by atoms with E-state index < -0.39 is 0 Å². The summed E-state index contributed by atoms with van der Waals surface area (Å²) in [5.74, 6) is 0. The van der Waals surface area contributed by atoms with Gasteiger partial charge in [0.1, 0.15) is 0 Å². The average molecular weight is 152 g/mol. The van der Waals surface area contributed by atoms with E-state index in [1.165, 1.54) is 17.0 Å². The van der Waals surface area contributed by atoms with Crippen LogP contribution in [-0.2, 0) is 0 Å². The maximum Gasteiger partial charge on any atom is 0.0361 e. The van der Waals surface area contributed by atoms with Gasteiger partial charge in [0.2, 0.25) is 0 Å². The van der Waals surface area contributed by atoms with E-state index >= 15 is 0 Å². The van der Waals surface area contributed by atoms with Crippen LogP contribution in [0.25, 0.3) is 0 Å². The van der Waals surface area contributed by atoms with E-state index in [9.17, 15) is 0 Å². The number of hydrogen-bond acceptors (Lipinski definition) is 2. The molecule has 0 radical (unpaired) electrons. The Hall–Kier alpha value is -0.920. The Bertz CT molecular complexity index is 214. The summed E-state index contributed by atoms with van der Waals surface area (Å²) in [6.07, 6.45) is 2.17. The zero-order valence-electron chi connectivity index (χ0n) is 7.73. The van der Waals surface area contributed by atoms with Crippen molar-refractivity contribution in [2.75, 3.05) is 6.54 Å². The number of nitrogens with zero attached hydrogens (tertiary/aromatic N) is 1. The van der Waals surface area contributed by atoms with Gasteiger partial charge in [-0.25, -0.2) is 0 Å². The van der Waals surface area contributed by atoms with Crippen LogP contribution in [0.3, 0.4) is 0 Å². The predicted molar refractivity (Wildman–Crippen MR) is 47.6 cm³/mol. The van der Waals surface area contributed by atoms with Crippen LogP contribution >= 0.6 is 0 Å². The van der Waals surface area contributed by atoms with Crippen molar-refractivity contribution in [3.05, 3.63) is 23.0 Å². The molecule has 0 unspecified atom stereocenters. The topological polar surface area (TPSA) is 15.3 Å². The van der Waals surface area contributed by atoms with Crippen LogP contribution < -0.4 is 5.43 Å². The molecule has 0 saturated carbocycles. The SMILES string of the molecule is CCN1NC(C)=CC(C)=C1C. The molecule has 2 nitrogen and oxygen atoms in total. The number of rotatable bonds is 1. The summed E-state index contributed by atoms with van der Waals surface area (Å²) >= 11 is 0. The zero-order valence-corrected chi connectivity index (χ0v) is 7.73. The van der Waals surface area contributed by atoms with E-state index in [0.29, 0.717) is 0 Å². The Labute approximate surface area is 68.6 Å². The maximum absolute atomic E-state index is 3.28. The number of hydrazine groups is 1. The van der Waals surface area contributed by atoms with Crippen LogP contribution in [0.2, 0.25) is 0 Å². The molecule has 0 aromatic heterocycles. The van der Waals surface area contributed by atoms with Gasteiger partial charge in [-0.1, -0.05) is 0 Å². The molecule has 1 aliphatic heterocycles. The van der Waals surface area contributed by atoms with Crippen molar-refractivity contribution >= 4 is 0 Å². The van der Waals surface area contributed by atoms with Crippen LogP contribution in [0.4, 0.5) is 0 Å². The van der Waals surface area contributed by atoms with Crippen molar-refractivity contribution in [2.45, 2.75) is 27.7 Å². The van der Waals surface area contributed by atoms with Gasteiger partial charge >= 0.3 is 0 Å². The van der Waals surface area contributed by atoms with Crippen LogP contribution in [0.1, 0.15) is 27.7 Å². The van der Waals surface area contributed by atoms with Crippen molar-refractivity contribution in [3.63, 3.8) is 0 Å². The molecule has 0 aromatic rings. The van der Waals surface area contributed by atoms with E-state index in [2.05, 4.69) is 44.2 Å². The van der Waals surface area contributed by atoms with Crippen molar-refractivity contribution in [1.29, 1.82) is 0 Å². The summed E-state index contributed by atoms with van der Waals surface area (Å²) < 4.78 is 0. The van der Waals surface area contributed by atoms with E-state index in [0.717, 1.165) is 6.54 Å². The third-order valence-corrected chi connectivity index (χ3v) is 2.04. The van der Waals surface area contributed by atoms with Crippen LogP contribution in [0.15, 0.2) is 23.0 Å².